The summed E-state index contributed by atoms with van der Waals surface area (Å²) in [6, 6.07) is 1.38. The molecule has 23 heavy (non-hydrogen) atoms. The minimum atomic E-state index is -2.82. The number of halogens is 2. The molecule has 1 amide bonds. The van der Waals surface area contributed by atoms with E-state index in [1.165, 1.54) is 19.4 Å². The summed E-state index contributed by atoms with van der Waals surface area (Å²) < 4.78 is 32.4. The van der Waals surface area contributed by atoms with Gasteiger partial charge in [0, 0.05) is 25.0 Å². The van der Waals surface area contributed by atoms with E-state index in [1.54, 1.807) is 0 Å². The maximum atomic E-state index is 14.0. The molecule has 0 aromatic carbocycles. The average molecular weight is 327 g/mol. The van der Waals surface area contributed by atoms with Crippen LogP contribution in [0.4, 0.5) is 14.6 Å². The number of hydrogen-bond acceptors (Lipinski definition) is 5. The van der Waals surface area contributed by atoms with Gasteiger partial charge in [0.15, 0.2) is 0 Å². The molecular weight excluding hydrogens is 308 g/mol. The van der Waals surface area contributed by atoms with Crippen LogP contribution in [0.5, 0.6) is 0 Å². The molecule has 1 fully saturated rings. The highest BCUT2D eigenvalue weighted by atomic mass is 19.3. The highest BCUT2D eigenvalue weighted by Crippen LogP contribution is 2.39. The zero-order valence-electron chi connectivity index (χ0n) is 12.8. The molecule has 0 bridgehead atoms. The topological polar surface area (TPSA) is 81.2 Å². The number of rotatable bonds is 4. The van der Waals surface area contributed by atoms with E-state index in [-0.39, 0.29) is 24.5 Å². The number of amides is 1. The number of ether oxygens (including phenoxy) is 1. The second-order valence-corrected chi connectivity index (χ2v) is 5.57. The zero-order valence-corrected chi connectivity index (χ0v) is 12.8. The first kappa shape index (κ1) is 17.2. The van der Waals surface area contributed by atoms with Crippen LogP contribution in [0.15, 0.2) is 12.3 Å². The summed E-state index contributed by atoms with van der Waals surface area (Å²) in [5.41, 5.74) is 0. The molecule has 1 aromatic heterocycles. The SMILES string of the molecule is COC(=O)c1nccc(NC(=O)CC2CCCCCC2(F)F)n1. The number of carbonyl (C=O) groups excluding carboxylic acids is 2. The number of alkyl halides is 2. The monoisotopic (exact) mass is 327 g/mol. The fourth-order valence-corrected chi connectivity index (χ4v) is 2.63. The Bertz CT molecular complexity index is 581. The predicted octanol–water partition coefficient (Wildman–Crippen LogP) is 2.81. The molecule has 1 unspecified atom stereocenters. The average Bonchev–Trinajstić information content (AvgIpc) is 2.68. The second kappa shape index (κ2) is 7.43. The lowest BCUT2D eigenvalue weighted by molar-refractivity contribution is -0.123. The molecule has 1 saturated carbocycles. The number of esters is 1. The summed E-state index contributed by atoms with van der Waals surface area (Å²) >= 11 is 0. The van der Waals surface area contributed by atoms with E-state index in [0.717, 1.165) is 6.42 Å². The highest BCUT2D eigenvalue weighted by molar-refractivity contribution is 5.91. The lowest BCUT2D eigenvalue weighted by Gasteiger charge is -2.24. The first-order chi connectivity index (χ1) is 10.9. The summed E-state index contributed by atoms with van der Waals surface area (Å²) in [5.74, 6) is -5.20. The Kier molecular flexibility index (Phi) is 5.57. The van der Waals surface area contributed by atoms with E-state index in [4.69, 9.17) is 0 Å². The van der Waals surface area contributed by atoms with Crippen LogP contribution in [-0.2, 0) is 9.53 Å². The van der Waals surface area contributed by atoms with Crippen molar-refractivity contribution in [2.45, 2.75) is 44.4 Å². The predicted molar refractivity (Wildman–Crippen MR) is 78.1 cm³/mol. The minimum Gasteiger partial charge on any atom is -0.463 e. The summed E-state index contributed by atoms with van der Waals surface area (Å²) in [6.45, 7) is 0. The van der Waals surface area contributed by atoms with Gasteiger partial charge >= 0.3 is 5.97 Å². The molecule has 1 N–H and O–H groups in total. The van der Waals surface area contributed by atoms with Crippen molar-refractivity contribution >= 4 is 17.7 Å². The van der Waals surface area contributed by atoms with Gasteiger partial charge in [-0.3, -0.25) is 4.79 Å². The van der Waals surface area contributed by atoms with Crippen molar-refractivity contribution in [2.24, 2.45) is 5.92 Å². The van der Waals surface area contributed by atoms with Crippen molar-refractivity contribution in [1.29, 1.82) is 0 Å². The Morgan fingerprint density at radius 2 is 2.17 bits per heavy atom. The third kappa shape index (κ3) is 4.67. The number of nitrogens with one attached hydrogen (secondary N) is 1. The Morgan fingerprint density at radius 3 is 2.91 bits per heavy atom. The lowest BCUT2D eigenvalue weighted by Crippen LogP contribution is -2.31. The first-order valence-electron chi connectivity index (χ1n) is 7.51. The number of nitrogens with zero attached hydrogens (tertiary/aromatic N) is 2. The molecule has 0 aliphatic heterocycles. The van der Waals surface area contributed by atoms with Gasteiger partial charge in [0.2, 0.25) is 11.7 Å². The van der Waals surface area contributed by atoms with Crippen molar-refractivity contribution < 1.29 is 23.1 Å². The maximum Gasteiger partial charge on any atom is 0.376 e. The Hall–Kier alpha value is -2.12. The molecular formula is C15H19F2N3O3. The molecule has 1 aromatic rings. The van der Waals surface area contributed by atoms with Crippen LogP contribution >= 0.6 is 0 Å². The Balaban J connectivity index is 2.00. The summed E-state index contributed by atoms with van der Waals surface area (Å²) in [7, 11) is 1.19. The van der Waals surface area contributed by atoms with Gasteiger partial charge in [-0.1, -0.05) is 12.8 Å². The molecule has 6 nitrogen and oxygen atoms in total. The van der Waals surface area contributed by atoms with Crippen molar-refractivity contribution in [1.82, 2.24) is 9.97 Å². The minimum absolute atomic E-state index is 0.0855. The molecule has 1 atom stereocenters. The van der Waals surface area contributed by atoms with Gasteiger partial charge in [-0.05, 0) is 18.9 Å². The molecule has 1 aliphatic rings. The van der Waals surface area contributed by atoms with Crippen molar-refractivity contribution in [3.63, 3.8) is 0 Å². The smallest absolute Gasteiger partial charge is 0.376 e. The number of hydrogen-bond donors (Lipinski definition) is 1. The van der Waals surface area contributed by atoms with E-state index in [0.29, 0.717) is 19.3 Å². The number of carbonyl (C=O) groups is 2. The first-order valence-corrected chi connectivity index (χ1v) is 7.51. The molecule has 2 rings (SSSR count). The molecule has 1 heterocycles. The van der Waals surface area contributed by atoms with Gasteiger partial charge < -0.3 is 10.1 Å². The van der Waals surface area contributed by atoms with Gasteiger partial charge in [0.1, 0.15) is 5.82 Å². The van der Waals surface area contributed by atoms with Gasteiger partial charge in [-0.15, -0.1) is 0 Å². The third-order valence-corrected chi connectivity index (χ3v) is 3.88. The summed E-state index contributed by atoms with van der Waals surface area (Å²) in [4.78, 5) is 30.9. The standard InChI is InChI=1S/C15H19F2N3O3/c1-23-14(22)13-18-8-6-11(20-13)19-12(21)9-10-5-3-2-4-7-15(10,16)17/h6,8,10H,2-5,7,9H2,1H3,(H,18,19,20,21). The van der Waals surface area contributed by atoms with E-state index >= 15 is 0 Å². The number of aromatic nitrogens is 2. The van der Waals surface area contributed by atoms with Crippen LogP contribution < -0.4 is 5.32 Å². The van der Waals surface area contributed by atoms with Crippen LogP contribution in [0.3, 0.4) is 0 Å². The number of anilines is 1. The summed E-state index contributed by atoms with van der Waals surface area (Å²) in [6.07, 6.45) is 3.12. The lowest BCUT2D eigenvalue weighted by atomic mass is 9.92. The quantitative estimate of drug-likeness (QED) is 0.679. The fraction of sp³-hybridized carbons (Fsp3) is 0.600. The highest BCUT2D eigenvalue weighted by Gasteiger charge is 2.40. The largest absolute Gasteiger partial charge is 0.463 e. The normalized spacial score (nSPS) is 20.4. The molecule has 0 radical (unpaired) electrons. The third-order valence-electron chi connectivity index (χ3n) is 3.88. The van der Waals surface area contributed by atoms with E-state index in [1.807, 2.05) is 0 Å². The maximum absolute atomic E-state index is 14.0. The molecule has 0 saturated heterocycles. The Morgan fingerprint density at radius 1 is 1.39 bits per heavy atom. The second-order valence-electron chi connectivity index (χ2n) is 5.57. The van der Waals surface area contributed by atoms with E-state index < -0.39 is 23.7 Å². The molecule has 1 aliphatic carbocycles. The van der Waals surface area contributed by atoms with Crippen LogP contribution in [0.2, 0.25) is 0 Å². The van der Waals surface area contributed by atoms with Crippen molar-refractivity contribution in [2.75, 3.05) is 12.4 Å². The zero-order chi connectivity index (χ0) is 16.9. The van der Waals surface area contributed by atoms with Crippen LogP contribution in [-0.4, -0.2) is 34.9 Å². The molecule has 126 valence electrons. The van der Waals surface area contributed by atoms with Crippen molar-refractivity contribution in [3.8, 4) is 0 Å². The molecule has 8 heteroatoms. The van der Waals surface area contributed by atoms with Crippen LogP contribution in [0, 0.1) is 5.92 Å². The van der Waals surface area contributed by atoms with Gasteiger partial charge in [-0.25, -0.2) is 23.5 Å². The summed E-state index contributed by atoms with van der Waals surface area (Å²) in [5, 5.41) is 2.44. The number of methoxy groups -OCH3 is 1. The fourth-order valence-electron chi connectivity index (χ4n) is 2.63. The van der Waals surface area contributed by atoms with Gasteiger partial charge in [0.05, 0.1) is 7.11 Å². The van der Waals surface area contributed by atoms with Gasteiger partial charge in [0.25, 0.3) is 5.92 Å². The van der Waals surface area contributed by atoms with E-state index in [9.17, 15) is 18.4 Å². The van der Waals surface area contributed by atoms with Crippen LogP contribution in [0.25, 0.3) is 0 Å². The van der Waals surface area contributed by atoms with Crippen LogP contribution in [0.1, 0.15) is 49.1 Å². The molecule has 0 spiro atoms. The van der Waals surface area contributed by atoms with E-state index in [2.05, 4.69) is 20.0 Å². The Labute approximate surface area is 132 Å². The van der Waals surface area contributed by atoms with Crippen molar-refractivity contribution in [3.05, 3.63) is 18.1 Å². The van der Waals surface area contributed by atoms with Gasteiger partial charge in [-0.2, -0.15) is 0 Å².